The Morgan fingerprint density at radius 1 is 1.41 bits per heavy atom. The van der Waals surface area contributed by atoms with Crippen molar-refractivity contribution in [2.45, 2.75) is 25.4 Å². The highest BCUT2D eigenvalue weighted by molar-refractivity contribution is 5.21. The Morgan fingerprint density at radius 3 is 2.65 bits per heavy atom. The van der Waals surface area contributed by atoms with Crippen LogP contribution in [0.15, 0.2) is 6.20 Å². The second-order valence-corrected chi connectivity index (χ2v) is 4.54. The molecule has 0 atom stereocenters. The van der Waals surface area contributed by atoms with Gasteiger partial charge in [-0.3, -0.25) is 4.68 Å². The first-order valence-corrected chi connectivity index (χ1v) is 5.77. The van der Waals surface area contributed by atoms with Gasteiger partial charge in [0.1, 0.15) is 5.69 Å². The van der Waals surface area contributed by atoms with Crippen LogP contribution in [-0.2, 0) is 19.6 Å². The normalized spacial score (nSPS) is 18.6. The standard InChI is InChI=1S/C11H16F3N3/c1-17-10(11(12,13)14)9(7-16-17)6-8-2-4-15-5-3-8/h7-8,15H,2-6H2,1H3. The number of piperidine rings is 1. The molecule has 3 nitrogen and oxygen atoms in total. The molecule has 0 saturated carbocycles. The molecule has 17 heavy (non-hydrogen) atoms. The zero-order valence-corrected chi connectivity index (χ0v) is 9.72. The van der Waals surface area contributed by atoms with Crippen LogP contribution >= 0.6 is 0 Å². The molecule has 0 aliphatic carbocycles. The van der Waals surface area contributed by atoms with Crippen LogP contribution in [0.1, 0.15) is 24.1 Å². The van der Waals surface area contributed by atoms with Crippen LogP contribution in [0, 0.1) is 5.92 Å². The average Bonchev–Trinajstić information content (AvgIpc) is 2.60. The molecule has 1 saturated heterocycles. The number of aromatic nitrogens is 2. The fourth-order valence-corrected chi connectivity index (χ4v) is 2.39. The highest BCUT2D eigenvalue weighted by Crippen LogP contribution is 2.33. The van der Waals surface area contributed by atoms with E-state index in [0.717, 1.165) is 30.6 Å². The summed E-state index contributed by atoms with van der Waals surface area (Å²) >= 11 is 0. The first-order chi connectivity index (χ1) is 7.98. The van der Waals surface area contributed by atoms with E-state index in [1.165, 1.54) is 13.2 Å². The van der Waals surface area contributed by atoms with Crippen molar-refractivity contribution in [3.63, 3.8) is 0 Å². The van der Waals surface area contributed by atoms with Gasteiger partial charge in [0.05, 0.1) is 6.20 Å². The molecule has 2 rings (SSSR count). The Kier molecular flexibility index (Phi) is 3.42. The van der Waals surface area contributed by atoms with Gasteiger partial charge in [0.15, 0.2) is 0 Å². The third-order valence-electron chi connectivity index (χ3n) is 3.25. The predicted molar refractivity (Wildman–Crippen MR) is 57.5 cm³/mol. The second kappa shape index (κ2) is 4.68. The molecule has 0 spiro atoms. The first-order valence-electron chi connectivity index (χ1n) is 5.77. The van der Waals surface area contributed by atoms with Gasteiger partial charge in [-0.15, -0.1) is 0 Å². The van der Waals surface area contributed by atoms with Crippen molar-refractivity contribution in [2.24, 2.45) is 13.0 Å². The average molecular weight is 247 g/mol. The van der Waals surface area contributed by atoms with Gasteiger partial charge in [0.25, 0.3) is 0 Å². The van der Waals surface area contributed by atoms with Crippen LogP contribution in [0.3, 0.4) is 0 Å². The van der Waals surface area contributed by atoms with E-state index in [-0.39, 0.29) is 0 Å². The number of aryl methyl sites for hydroxylation is 1. The molecule has 1 fully saturated rings. The minimum Gasteiger partial charge on any atom is -0.317 e. The Morgan fingerprint density at radius 2 is 2.06 bits per heavy atom. The van der Waals surface area contributed by atoms with Crippen molar-refractivity contribution in [3.05, 3.63) is 17.5 Å². The molecule has 0 radical (unpaired) electrons. The van der Waals surface area contributed by atoms with Crippen molar-refractivity contribution < 1.29 is 13.2 Å². The summed E-state index contributed by atoms with van der Waals surface area (Å²) in [5.74, 6) is 0.335. The lowest BCUT2D eigenvalue weighted by molar-refractivity contribution is -0.144. The van der Waals surface area contributed by atoms with Gasteiger partial charge in [-0.25, -0.2) is 0 Å². The Bertz CT molecular complexity index is 378. The van der Waals surface area contributed by atoms with E-state index in [0.29, 0.717) is 17.9 Å². The monoisotopic (exact) mass is 247 g/mol. The molecule has 2 heterocycles. The third kappa shape index (κ3) is 2.80. The Hall–Kier alpha value is -1.04. The van der Waals surface area contributed by atoms with Gasteiger partial charge in [-0.1, -0.05) is 0 Å². The summed E-state index contributed by atoms with van der Waals surface area (Å²) in [6.45, 7) is 1.79. The minimum absolute atomic E-state index is 0.326. The SMILES string of the molecule is Cn1ncc(CC2CCNCC2)c1C(F)(F)F. The third-order valence-corrected chi connectivity index (χ3v) is 3.25. The van der Waals surface area contributed by atoms with Crippen LogP contribution in [0.2, 0.25) is 0 Å². The maximum atomic E-state index is 12.8. The van der Waals surface area contributed by atoms with E-state index >= 15 is 0 Å². The van der Waals surface area contributed by atoms with Crippen molar-refractivity contribution in [1.82, 2.24) is 15.1 Å². The molecule has 96 valence electrons. The zero-order chi connectivity index (χ0) is 12.5. The number of halogens is 3. The fraction of sp³-hybridized carbons (Fsp3) is 0.727. The lowest BCUT2D eigenvalue weighted by atomic mass is 9.91. The molecule has 1 aliphatic rings. The Balaban J connectivity index is 2.15. The molecule has 6 heteroatoms. The summed E-state index contributed by atoms with van der Waals surface area (Å²) in [4.78, 5) is 0. The van der Waals surface area contributed by atoms with Crippen molar-refractivity contribution in [1.29, 1.82) is 0 Å². The molecule has 1 aromatic heterocycles. The summed E-state index contributed by atoms with van der Waals surface area (Å²) in [7, 11) is 1.34. The van der Waals surface area contributed by atoms with Gasteiger partial charge < -0.3 is 5.32 Å². The quantitative estimate of drug-likeness (QED) is 0.866. The smallest absolute Gasteiger partial charge is 0.317 e. The number of hydrogen-bond donors (Lipinski definition) is 1. The summed E-state index contributed by atoms with van der Waals surface area (Å²) in [6.07, 6.45) is -0.610. The van der Waals surface area contributed by atoms with Crippen LogP contribution in [-0.4, -0.2) is 22.9 Å². The van der Waals surface area contributed by atoms with Gasteiger partial charge in [-0.05, 0) is 38.3 Å². The molecule has 1 aliphatic heterocycles. The van der Waals surface area contributed by atoms with Gasteiger partial charge in [0.2, 0.25) is 0 Å². The van der Waals surface area contributed by atoms with Crippen LogP contribution in [0.4, 0.5) is 13.2 Å². The van der Waals surface area contributed by atoms with Gasteiger partial charge >= 0.3 is 6.18 Å². The topological polar surface area (TPSA) is 29.9 Å². The lowest BCUT2D eigenvalue weighted by Gasteiger charge is -2.22. The Labute approximate surface area is 98.0 Å². The largest absolute Gasteiger partial charge is 0.433 e. The fourth-order valence-electron chi connectivity index (χ4n) is 2.39. The zero-order valence-electron chi connectivity index (χ0n) is 9.72. The molecular formula is C11H16F3N3. The van der Waals surface area contributed by atoms with E-state index in [2.05, 4.69) is 10.4 Å². The van der Waals surface area contributed by atoms with Crippen molar-refractivity contribution >= 4 is 0 Å². The number of rotatable bonds is 2. The molecule has 1 N–H and O–H groups in total. The number of nitrogens with one attached hydrogen (secondary N) is 1. The van der Waals surface area contributed by atoms with Gasteiger partial charge in [0, 0.05) is 12.6 Å². The molecular weight excluding hydrogens is 231 g/mol. The van der Waals surface area contributed by atoms with Crippen LogP contribution in [0.25, 0.3) is 0 Å². The van der Waals surface area contributed by atoms with Crippen molar-refractivity contribution in [2.75, 3.05) is 13.1 Å². The highest BCUT2D eigenvalue weighted by Gasteiger charge is 2.37. The molecule has 0 amide bonds. The lowest BCUT2D eigenvalue weighted by Crippen LogP contribution is -2.29. The summed E-state index contributed by atoms with van der Waals surface area (Å²) in [5.41, 5.74) is -0.275. The van der Waals surface area contributed by atoms with Crippen LogP contribution < -0.4 is 5.32 Å². The summed E-state index contributed by atoms with van der Waals surface area (Å²) in [5, 5.41) is 6.94. The molecule has 0 bridgehead atoms. The summed E-state index contributed by atoms with van der Waals surface area (Å²) in [6, 6.07) is 0. The van der Waals surface area contributed by atoms with Gasteiger partial charge in [-0.2, -0.15) is 18.3 Å². The maximum absolute atomic E-state index is 12.8. The predicted octanol–water partition coefficient (Wildman–Crippen LogP) is 1.98. The number of nitrogens with zero attached hydrogens (tertiary/aromatic N) is 2. The molecule has 0 aromatic carbocycles. The van der Waals surface area contributed by atoms with E-state index in [1.54, 1.807) is 0 Å². The second-order valence-electron chi connectivity index (χ2n) is 4.54. The number of hydrogen-bond acceptors (Lipinski definition) is 2. The van der Waals surface area contributed by atoms with E-state index in [4.69, 9.17) is 0 Å². The molecule has 0 unspecified atom stereocenters. The number of alkyl halides is 3. The molecule has 1 aromatic rings. The first kappa shape index (κ1) is 12.4. The maximum Gasteiger partial charge on any atom is 0.433 e. The van der Waals surface area contributed by atoms with E-state index in [1.807, 2.05) is 0 Å². The minimum atomic E-state index is -4.31. The van der Waals surface area contributed by atoms with E-state index in [9.17, 15) is 13.2 Å². The van der Waals surface area contributed by atoms with E-state index < -0.39 is 11.9 Å². The van der Waals surface area contributed by atoms with Crippen LogP contribution in [0.5, 0.6) is 0 Å². The summed E-state index contributed by atoms with van der Waals surface area (Å²) < 4.78 is 39.4. The highest BCUT2D eigenvalue weighted by atomic mass is 19.4. The van der Waals surface area contributed by atoms with Crippen molar-refractivity contribution in [3.8, 4) is 0 Å².